The Hall–Kier alpha value is -0.870. The third-order valence-electron chi connectivity index (χ3n) is 10.8. The molecule has 0 amide bonds. The third-order valence-corrected chi connectivity index (χ3v) is 12.4. The van der Waals surface area contributed by atoms with Gasteiger partial charge in [-0.15, -0.1) is 0 Å². The van der Waals surface area contributed by atoms with Gasteiger partial charge in [0.05, 0.1) is 0 Å². The summed E-state index contributed by atoms with van der Waals surface area (Å²) < 4.78 is 33.3. The molecular weight excluding hydrogens is 597 g/mol. The molecule has 47 heavy (non-hydrogen) atoms. The SMILES string of the molecule is CCCCCCCCCCCCCCCCCCCCCCCCCCCCCCCCCCC(C)(c1ccccc1C)S(=O)(=O)O. The molecule has 0 heterocycles. The van der Waals surface area contributed by atoms with Crippen LogP contribution in [0.4, 0.5) is 0 Å². The van der Waals surface area contributed by atoms with Crippen molar-refractivity contribution in [2.45, 2.75) is 237 Å². The fraction of sp³-hybridized carbons (Fsp3) is 0.860. The molecule has 1 aromatic carbocycles. The molecule has 0 saturated heterocycles. The molecule has 4 heteroatoms. The molecule has 1 atom stereocenters. The van der Waals surface area contributed by atoms with Crippen molar-refractivity contribution in [2.75, 3.05) is 0 Å². The minimum absolute atomic E-state index is 0.469. The summed E-state index contributed by atoms with van der Waals surface area (Å²) in [7, 11) is -4.17. The van der Waals surface area contributed by atoms with E-state index in [0.29, 0.717) is 6.42 Å². The first-order valence-electron chi connectivity index (χ1n) is 20.9. The normalized spacial score (nSPS) is 13.3. The van der Waals surface area contributed by atoms with Gasteiger partial charge in [-0.3, -0.25) is 4.55 Å². The van der Waals surface area contributed by atoms with Crippen molar-refractivity contribution in [3.63, 3.8) is 0 Å². The molecule has 276 valence electrons. The Balaban J connectivity index is 1.78. The highest BCUT2D eigenvalue weighted by atomic mass is 32.2. The topological polar surface area (TPSA) is 54.4 Å². The molecule has 1 unspecified atom stereocenters. The first-order valence-corrected chi connectivity index (χ1v) is 22.3. The van der Waals surface area contributed by atoms with Crippen molar-refractivity contribution in [3.8, 4) is 0 Å². The van der Waals surface area contributed by atoms with E-state index in [2.05, 4.69) is 6.92 Å². The molecule has 3 nitrogen and oxygen atoms in total. The van der Waals surface area contributed by atoms with Gasteiger partial charge in [0.2, 0.25) is 0 Å². The van der Waals surface area contributed by atoms with Crippen LogP contribution in [0.3, 0.4) is 0 Å². The van der Waals surface area contributed by atoms with E-state index in [1.165, 1.54) is 186 Å². The van der Waals surface area contributed by atoms with E-state index >= 15 is 0 Å². The fourth-order valence-corrected chi connectivity index (χ4v) is 8.32. The largest absolute Gasteiger partial charge is 0.285 e. The van der Waals surface area contributed by atoms with Gasteiger partial charge in [-0.05, 0) is 31.4 Å². The van der Waals surface area contributed by atoms with Crippen LogP contribution >= 0.6 is 0 Å². The van der Waals surface area contributed by atoms with E-state index in [-0.39, 0.29) is 0 Å². The van der Waals surface area contributed by atoms with Crippen LogP contribution in [0.15, 0.2) is 24.3 Å². The molecule has 0 bridgehead atoms. The monoisotopic (exact) mass is 677 g/mol. The van der Waals surface area contributed by atoms with Crippen LogP contribution in [0.5, 0.6) is 0 Å². The van der Waals surface area contributed by atoms with E-state index in [1.807, 2.05) is 31.2 Å². The molecular formula is C43H80O3S. The van der Waals surface area contributed by atoms with Crippen LogP contribution in [-0.4, -0.2) is 13.0 Å². The van der Waals surface area contributed by atoms with Gasteiger partial charge < -0.3 is 0 Å². The number of hydrogen-bond acceptors (Lipinski definition) is 2. The van der Waals surface area contributed by atoms with Crippen LogP contribution in [-0.2, 0) is 14.9 Å². The molecule has 1 N–H and O–H groups in total. The predicted octanol–water partition coefficient (Wildman–Crippen LogP) is 15.0. The highest BCUT2D eigenvalue weighted by molar-refractivity contribution is 7.86. The van der Waals surface area contributed by atoms with Gasteiger partial charge in [-0.2, -0.15) is 8.42 Å². The van der Waals surface area contributed by atoms with Crippen molar-refractivity contribution in [3.05, 3.63) is 35.4 Å². The Morgan fingerprint density at radius 1 is 0.468 bits per heavy atom. The van der Waals surface area contributed by atoms with Gasteiger partial charge in [0.25, 0.3) is 10.1 Å². The average molecular weight is 677 g/mol. The van der Waals surface area contributed by atoms with E-state index in [0.717, 1.165) is 30.4 Å². The van der Waals surface area contributed by atoms with Crippen LogP contribution in [0.1, 0.15) is 237 Å². The molecule has 0 spiro atoms. The second-order valence-electron chi connectivity index (χ2n) is 15.2. The number of hydrogen-bond donors (Lipinski definition) is 1. The summed E-state index contributed by atoms with van der Waals surface area (Å²) in [5.41, 5.74) is 1.65. The van der Waals surface area contributed by atoms with E-state index in [4.69, 9.17) is 0 Å². The summed E-state index contributed by atoms with van der Waals surface area (Å²) in [5, 5.41) is 0. The highest BCUT2D eigenvalue weighted by Crippen LogP contribution is 2.37. The Morgan fingerprint density at radius 3 is 0.979 bits per heavy atom. The van der Waals surface area contributed by atoms with Gasteiger partial charge in [0, 0.05) is 0 Å². The van der Waals surface area contributed by atoms with Crippen molar-refractivity contribution in [2.24, 2.45) is 0 Å². The first kappa shape index (κ1) is 44.2. The van der Waals surface area contributed by atoms with Gasteiger partial charge >= 0.3 is 0 Å². The molecule has 0 aromatic heterocycles. The van der Waals surface area contributed by atoms with Crippen LogP contribution in [0.25, 0.3) is 0 Å². The molecule has 0 radical (unpaired) electrons. The van der Waals surface area contributed by atoms with Crippen molar-refractivity contribution >= 4 is 10.1 Å². The summed E-state index contributed by atoms with van der Waals surface area (Å²) in [6.07, 6.45) is 44.8. The molecule has 0 aliphatic carbocycles. The number of rotatable bonds is 35. The zero-order valence-electron chi connectivity index (χ0n) is 31.8. The Kier molecular flexibility index (Phi) is 28.2. The van der Waals surface area contributed by atoms with Crippen molar-refractivity contribution < 1.29 is 13.0 Å². The van der Waals surface area contributed by atoms with Gasteiger partial charge in [-0.25, -0.2) is 0 Å². The lowest BCUT2D eigenvalue weighted by Gasteiger charge is -2.28. The maximum absolute atomic E-state index is 12.3. The summed E-state index contributed by atoms with van der Waals surface area (Å²) >= 11 is 0. The van der Waals surface area contributed by atoms with Gasteiger partial charge in [-0.1, -0.05) is 237 Å². The summed E-state index contributed by atoms with van der Waals surface area (Å²) in [6, 6.07) is 7.53. The van der Waals surface area contributed by atoms with Crippen LogP contribution < -0.4 is 0 Å². The molecule has 0 aliphatic rings. The second kappa shape index (κ2) is 30.0. The molecule has 0 saturated carbocycles. The quantitative estimate of drug-likeness (QED) is 0.0575. The maximum atomic E-state index is 12.3. The zero-order valence-corrected chi connectivity index (χ0v) is 32.6. The maximum Gasteiger partial charge on any atom is 0.274 e. The van der Waals surface area contributed by atoms with Gasteiger partial charge in [0.15, 0.2) is 0 Å². The Bertz CT molecular complexity index is 927. The van der Waals surface area contributed by atoms with Crippen LogP contribution in [0, 0.1) is 6.92 Å². The number of unbranched alkanes of at least 4 members (excludes halogenated alkanes) is 31. The van der Waals surface area contributed by atoms with E-state index in [1.54, 1.807) is 6.92 Å². The lowest BCUT2D eigenvalue weighted by molar-refractivity contribution is 0.413. The minimum Gasteiger partial charge on any atom is -0.285 e. The smallest absolute Gasteiger partial charge is 0.274 e. The van der Waals surface area contributed by atoms with Crippen molar-refractivity contribution in [1.82, 2.24) is 0 Å². The number of benzene rings is 1. The summed E-state index contributed by atoms with van der Waals surface area (Å²) in [6.45, 7) is 5.89. The Morgan fingerprint density at radius 2 is 0.723 bits per heavy atom. The second-order valence-corrected chi connectivity index (χ2v) is 17.1. The highest BCUT2D eigenvalue weighted by Gasteiger charge is 2.40. The number of aryl methyl sites for hydroxylation is 1. The molecule has 0 aliphatic heterocycles. The lowest BCUT2D eigenvalue weighted by atomic mass is 9.90. The first-order chi connectivity index (χ1) is 22.8. The van der Waals surface area contributed by atoms with E-state index in [9.17, 15) is 13.0 Å². The van der Waals surface area contributed by atoms with Gasteiger partial charge in [0.1, 0.15) is 4.75 Å². The molecule has 0 fully saturated rings. The van der Waals surface area contributed by atoms with Crippen LogP contribution in [0.2, 0.25) is 0 Å². The fourth-order valence-electron chi connectivity index (χ4n) is 7.41. The zero-order chi connectivity index (χ0) is 34.3. The third kappa shape index (κ3) is 23.2. The summed E-state index contributed by atoms with van der Waals surface area (Å²) in [5.74, 6) is 0. The van der Waals surface area contributed by atoms with E-state index < -0.39 is 14.9 Å². The Labute approximate surface area is 295 Å². The molecule has 1 aromatic rings. The lowest BCUT2D eigenvalue weighted by Crippen LogP contribution is -2.33. The average Bonchev–Trinajstić information content (AvgIpc) is 3.05. The van der Waals surface area contributed by atoms with Crippen molar-refractivity contribution in [1.29, 1.82) is 0 Å². The predicted molar refractivity (Wildman–Crippen MR) is 208 cm³/mol. The minimum atomic E-state index is -4.17. The standard InChI is InChI=1S/C43H80O3S/c1-4-5-6-7-8-9-10-11-12-13-14-15-16-17-18-19-20-21-22-23-24-25-26-27-28-29-30-31-32-33-34-37-40-43(3,47(44,45)46)42-39-36-35-38-41(42)2/h35-36,38-39H,4-34,37,40H2,1-3H3,(H,44,45,46). The molecule has 1 rings (SSSR count). The summed E-state index contributed by atoms with van der Waals surface area (Å²) in [4.78, 5) is 0.